The van der Waals surface area contributed by atoms with Crippen LogP contribution in [0.15, 0.2) is 77.9 Å². The number of nitrogens with one attached hydrogen (secondary N) is 1. The Morgan fingerprint density at radius 1 is 1.02 bits per heavy atom. The number of aromatic nitrogens is 3. The number of carbonyl (C=O) groups excluding carboxylic acids is 1. The van der Waals surface area contributed by atoms with E-state index in [0.717, 1.165) is 40.4 Å². The minimum Gasteiger partial charge on any atom is -0.497 e. The summed E-state index contributed by atoms with van der Waals surface area (Å²) in [6.07, 6.45) is -3.20. The lowest BCUT2D eigenvalue weighted by Gasteiger charge is -2.27. The van der Waals surface area contributed by atoms with E-state index in [1.54, 1.807) is 25.1 Å². The Morgan fingerprint density at radius 2 is 1.71 bits per heavy atom. The lowest BCUT2D eigenvalue weighted by atomic mass is 9.93. The highest BCUT2D eigenvalue weighted by molar-refractivity contribution is 8.14. The number of hydrogen-bond acceptors (Lipinski definition) is 6. The molecule has 9 nitrogen and oxygen atoms in total. The molecule has 1 saturated heterocycles. The van der Waals surface area contributed by atoms with Crippen LogP contribution in [0.3, 0.4) is 0 Å². The van der Waals surface area contributed by atoms with E-state index in [-0.39, 0.29) is 11.7 Å². The second-order valence-corrected chi connectivity index (χ2v) is 12.2. The van der Waals surface area contributed by atoms with Gasteiger partial charge in [-0.05, 0) is 61.2 Å². The molecule has 1 aromatic heterocycles. The first-order valence-electron chi connectivity index (χ1n) is 14.2. The van der Waals surface area contributed by atoms with Crippen molar-refractivity contribution in [2.75, 3.05) is 24.3 Å². The van der Waals surface area contributed by atoms with Crippen molar-refractivity contribution in [1.82, 2.24) is 20.3 Å². The summed E-state index contributed by atoms with van der Waals surface area (Å²) in [4.78, 5) is 21.0. The fraction of sp³-hybridized carbons (Fsp3) is 0.312. The molecular formula is C32H33F3N6O3S. The Labute approximate surface area is 263 Å². The lowest BCUT2D eigenvalue weighted by molar-refractivity contribution is -0.274. The average molecular weight is 639 g/mol. The lowest BCUT2D eigenvalue weighted by Crippen LogP contribution is -2.40. The zero-order valence-electron chi connectivity index (χ0n) is 25.4. The van der Waals surface area contributed by atoms with E-state index in [4.69, 9.17) is 4.74 Å². The van der Waals surface area contributed by atoms with E-state index < -0.39 is 17.9 Å². The second-order valence-electron chi connectivity index (χ2n) is 11.2. The zero-order chi connectivity index (χ0) is 32.4. The summed E-state index contributed by atoms with van der Waals surface area (Å²) in [6.45, 7) is 8.80. The van der Waals surface area contributed by atoms with Crippen LogP contribution in [-0.4, -0.2) is 52.0 Å². The summed E-state index contributed by atoms with van der Waals surface area (Å²) in [5.41, 5.74) is 4.09. The number of hydrogen-bond donors (Lipinski definition) is 1. The molecule has 1 N–H and O–H groups in total. The summed E-state index contributed by atoms with van der Waals surface area (Å²) in [6, 6.07) is 18.4. The molecular weight excluding hydrogens is 605 g/mol. The summed E-state index contributed by atoms with van der Waals surface area (Å²) in [5.74, 6) is 1.52. The van der Waals surface area contributed by atoms with Crippen molar-refractivity contribution in [2.24, 2.45) is 4.99 Å². The van der Waals surface area contributed by atoms with Gasteiger partial charge in [0.25, 0.3) is 0 Å². The Morgan fingerprint density at radius 3 is 2.36 bits per heavy atom. The predicted octanol–water partition coefficient (Wildman–Crippen LogP) is 7.52. The number of thioether (sulfide) groups is 1. The molecule has 1 aliphatic heterocycles. The minimum atomic E-state index is -4.76. The maximum absolute atomic E-state index is 13.2. The third-order valence-electron chi connectivity index (χ3n) is 7.24. The standard InChI is InChI=1S/C32H33F3N6O3S/c1-20(2)26-15-14-25(43-5)18-28(26)40-16-17-45-30(40)37-29(42)38-31(3,4)22-8-6-21(7-9-22)27-19-36-41(39-27)23-10-12-24(13-11-23)44-32(33,34)35/h6-15,18-20H,16-17H2,1-5H3,(H,38,42)/b37-30-. The van der Waals surface area contributed by atoms with Gasteiger partial charge in [-0.1, -0.05) is 55.9 Å². The third-order valence-corrected chi connectivity index (χ3v) is 8.20. The van der Waals surface area contributed by atoms with Gasteiger partial charge in [0.05, 0.1) is 24.5 Å². The number of nitrogens with zero attached hydrogens (tertiary/aromatic N) is 5. The highest BCUT2D eigenvalue weighted by atomic mass is 32.2. The molecule has 2 amide bonds. The molecule has 1 fully saturated rings. The normalized spacial score (nSPS) is 14.7. The predicted molar refractivity (Wildman–Crippen MR) is 169 cm³/mol. The average Bonchev–Trinajstić information content (AvgIpc) is 3.66. The molecule has 0 bridgehead atoms. The van der Waals surface area contributed by atoms with Gasteiger partial charge in [-0.2, -0.15) is 14.9 Å². The molecule has 13 heteroatoms. The number of carbonyl (C=O) groups is 1. The SMILES string of the molecule is COc1ccc(C(C)C)c(N2CCS/C2=N\C(=O)NC(C)(C)c2ccc(-c3cnn(-c4ccc(OC(F)(F)F)cc4)n3)cc2)c1. The maximum Gasteiger partial charge on any atom is 0.573 e. The van der Waals surface area contributed by atoms with Gasteiger partial charge in [0.2, 0.25) is 0 Å². The van der Waals surface area contributed by atoms with Crippen LogP contribution in [0.4, 0.5) is 23.7 Å². The van der Waals surface area contributed by atoms with Crippen molar-refractivity contribution in [3.05, 3.63) is 84.1 Å². The van der Waals surface area contributed by atoms with Gasteiger partial charge in [0.15, 0.2) is 5.17 Å². The van der Waals surface area contributed by atoms with Crippen LogP contribution in [0.2, 0.25) is 0 Å². The Balaban J connectivity index is 1.27. The van der Waals surface area contributed by atoms with Crippen molar-refractivity contribution in [1.29, 1.82) is 0 Å². The van der Waals surface area contributed by atoms with Gasteiger partial charge >= 0.3 is 12.4 Å². The number of amidine groups is 1. The number of ether oxygens (including phenoxy) is 2. The van der Waals surface area contributed by atoms with Crippen LogP contribution >= 0.6 is 11.8 Å². The number of alkyl halides is 3. The van der Waals surface area contributed by atoms with E-state index in [1.165, 1.54) is 29.1 Å². The van der Waals surface area contributed by atoms with E-state index in [1.807, 2.05) is 50.2 Å². The Kier molecular flexibility index (Phi) is 9.10. The van der Waals surface area contributed by atoms with Crippen molar-refractivity contribution in [3.63, 3.8) is 0 Å². The quantitative estimate of drug-likeness (QED) is 0.213. The monoisotopic (exact) mass is 638 g/mol. The molecule has 0 unspecified atom stereocenters. The molecule has 45 heavy (non-hydrogen) atoms. The summed E-state index contributed by atoms with van der Waals surface area (Å²) < 4.78 is 46.7. The molecule has 1 aliphatic rings. The van der Waals surface area contributed by atoms with Gasteiger partial charge in [-0.3, -0.25) is 0 Å². The number of halogens is 3. The van der Waals surface area contributed by atoms with Crippen LogP contribution in [0.5, 0.6) is 11.5 Å². The van der Waals surface area contributed by atoms with Gasteiger partial charge in [-0.15, -0.1) is 18.3 Å². The van der Waals surface area contributed by atoms with Crippen LogP contribution in [0.25, 0.3) is 16.9 Å². The van der Waals surface area contributed by atoms with Crippen LogP contribution in [0, 0.1) is 0 Å². The first-order chi connectivity index (χ1) is 21.3. The second kappa shape index (κ2) is 12.8. The van der Waals surface area contributed by atoms with E-state index in [0.29, 0.717) is 16.5 Å². The van der Waals surface area contributed by atoms with Gasteiger partial charge in [-0.25, -0.2) is 4.79 Å². The molecule has 0 aliphatic carbocycles. The number of anilines is 1. The molecule has 4 aromatic rings. The van der Waals surface area contributed by atoms with E-state index in [9.17, 15) is 18.0 Å². The van der Waals surface area contributed by atoms with Gasteiger partial charge < -0.3 is 19.7 Å². The first-order valence-corrected chi connectivity index (χ1v) is 15.2. The molecule has 0 atom stereocenters. The number of rotatable bonds is 8. The van der Waals surface area contributed by atoms with Gasteiger partial charge in [0.1, 0.15) is 17.2 Å². The van der Waals surface area contributed by atoms with Crippen LogP contribution in [-0.2, 0) is 5.54 Å². The van der Waals surface area contributed by atoms with Crippen molar-refractivity contribution in [3.8, 4) is 28.4 Å². The molecule has 2 heterocycles. The fourth-order valence-corrected chi connectivity index (χ4v) is 5.85. The molecule has 0 spiro atoms. The van der Waals surface area contributed by atoms with Crippen LogP contribution < -0.4 is 19.7 Å². The summed E-state index contributed by atoms with van der Waals surface area (Å²) in [5, 5.41) is 12.4. The van der Waals surface area contributed by atoms with Crippen LogP contribution in [0.1, 0.15) is 44.7 Å². The number of aliphatic imine (C=N–C) groups is 1. The fourth-order valence-electron chi connectivity index (χ4n) is 4.90. The highest BCUT2D eigenvalue weighted by Crippen LogP contribution is 2.35. The van der Waals surface area contributed by atoms with Crippen molar-refractivity contribution in [2.45, 2.75) is 45.5 Å². The topological polar surface area (TPSA) is 93.9 Å². The third kappa shape index (κ3) is 7.59. The zero-order valence-corrected chi connectivity index (χ0v) is 26.2. The van der Waals surface area contributed by atoms with E-state index in [2.05, 4.69) is 50.1 Å². The molecule has 3 aromatic carbocycles. The largest absolute Gasteiger partial charge is 0.573 e. The smallest absolute Gasteiger partial charge is 0.497 e. The number of benzene rings is 3. The van der Waals surface area contributed by atoms with E-state index >= 15 is 0 Å². The van der Waals surface area contributed by atoms with Gasteiger partial charge in [0, 0.05) is 29.6 Å². The molecule has 0 saturated carbocycles. The molecule has 236 valence electrons. The highest BCUT2D eigenvalue weighted by Gasteiger charge is 2.31. The summed E-state index contributed by atoms with van der Waals surface area (Å²) in [7, 11) is 1.64. The number of methoxy groups -OCH3 is 1. The molecule has 0 radical (unpaired) electrons. The van der Waals surface area contributed by atoms with Crippen molar-refractivity contribution < 1.29 is 27.4 Å². The first kappa shape index (κ1) is 31.9. The molecule has 5 rings (SSSR count). The maximum atomic E-state index is 13.2. The Hall–Kier alpha value is -4.52. The summed E-state index contributed by atoms with van der Waals surface area (Å²) >= 11 is 1.54. The number of urea groups is 1. The number of amides is 2. The Bertz CT molecular complexity index is 1690. The van der Waals surface area contributed by atoms with Crippen molar-refractivity contribution >= 4 is 28.6 Å². The minimum absolute atomic E-state index is 0.284.